The van der Waals surface area contributed by atoms with Gasteiger partial charge in [0.1, 0.15) is 0 Å². The van der Waals surface area contributed by atoms with Crippen LogP contribution >= 0.6 is 0 Å². The summed E-state index contributed by atoms with van der Waals surface area (Å²) in [6.07, 6.45) is 3.10. The highest BCUT2D eigenvalue weighted by Gasteiger charge is 2.35. The van der Waals surface area contributed by atoms with Crippen LogP contribution in [0.5, 0.6) is 0 Å². The van der Waals surface area contributed by atoms with Crippen LogP contribution < -0.4 is 5.56 Å². The summed E-state index contributed by atoms with van der Waals surface area (Å²) in [6.45, 7) is 5.08. The van der Waals surface area contributed by atoms with Gasteiger partial charge < -0.3 is 10.0 Å². The molecule has 1 aliphatic rings. The highest BCUT2D eigenvalue weighted by molar-refractivity contribution is 5.79. The summed E-state index contributed by atoms with van der Waals surface area (Å²) in [5.41, 5.74) is 1.70. The van der Waals surface area contributed by atoms with Gasteiger partial charge in [-0.3, -0.25) is 14.2 Å². The molecular weight excluding hydrogens is 390 g/mol. The molecule has 4 rings (SSSR count). The van der Waals surface area contributed by atoms with E-state index in [2.05, 4.69) is 4.98 Å². The van der Waals surface area contributed by atoms with Crippen LogP contribution in [0.15, 0.2) is 59.7 Å². The third-order valence-electron chi connectivity index (χ3n) is 6.26. The van der Waals surface area contributed by atoms with Crippen molar-refractivity contribution >= 4 is 16.8 Å². The second kappa shape index (κ2) is 8.63. The molecule has 0 aliphatic carbocycles. The van der Waals surface area contributed by atoms with Crippen LogP contribution in [0.4, 0.5) is 0 Å². The van der Waals surface area contributed by atoms with Crippen molar-refractivity contribution in [2.24, 2.45) is 5.92 Å². The SMILES string of the molecule is Cc1ccc2c(=O)n(CC3(O)CCN(C(=O)[C@H](C)Cc4ccccc4)CC3)cnc2c1. The van der Waals surface area contributed by atoms with E-state index in [1.165, 1.54) is 10.9 Å². The second-order valence-electron chi connectivity index (χ2n) is 8.84. The predicted molar refractivity (Wildman–Crippen MR) is 121 cm³/mol. The molecule has 1 atom stereocenters. The van der Waals surface area contributed by atoms with Gasteiger partial charge in [0, 0.05) is 19.0 Å². The molecule has 3 aromatic rings. The van der Waals surface area contributed by atoms with E-state index in [9.17, 15) is 14.7 Å². The molecule has 1 aromatic heterocycles. The zero-order chi connectivity index (χ0) is 22.0. The summed E-state index contributed by atoms with van der Waals surface area (Å²) in [7, 11) is 0. The summed E-state index contributed by atoms with van der Waals surface area (Å²) in [5.74, 6) is 0.00942. The van der Waals surface area contributed by atoms with E-state index in [4.69, 9.17) is 0 Å². The molecule has 6 heteroatoms. The minimum atomic E-state index is -1.02. The van der Waals surface area contributed by atoms with Crippen molar-refractivity contribution in [3.8, 4) is 0 Å². The van der Waals surface area contributed by atoms with Gasteiger partial charge in [-0.1, -0.05) is 43.3 Å². The Morgan fingerprint density at radius 2 is 1.87 bits per heavy atom. The molecule has 1 fully saturated rings. The number of benzene rings is 2. The Balaban J connectivity index is 1.40. The van der Waals surface area contributed by atoms with Crippen LogP contribution in [0, 0.1) is 12.8 Å². The molecule has 1 N–H and O–H groups in total. The van der Waals surface area contributed by atoms with E-state index in [0.717, 1.165) is 11.1 Å². The van der Waals surface area contributed by atoms with E-state index >= 15 is 0 Å². The van der Waals surface area contributed by atoms with Crippen molar-refractivity contribution in [3.05, 3.63) is 76.3 Å². The number of aromatic nitrogens is 2. The van der Waals surface area contributed by atoms with Gasteiger partial charge in [-0.15, -0.1) is 0 Å². The minimum absolute atomic E-state index is 0.107. The number of piperidine rings is 1. The van der Waals surface area contributed by atoms with Crippen LogP contribution in [0.1, 0.15) is 30.9 Å². The molecular formula is C25H29N3O3. The van der Waals surface area contributed by atoms with Crippen LogP contribution in [-0.2, 0) is 17.8 Å². The number of nitrogens with zero attached hydrogens (tertiary/aromatic N) is 3. The molecule has 1 aliphatic heterocycles. The number of hydrogen-bond acceptors (Lipinski definition) is 4. The number of rotatable bonds is 5. The van der Waals surface area contributed by atoms with E-state index in [-0.39, 0.29) is 23.9 Å². The van der Waals surface area contributed by atoms with E-state index in [0.29, 0.717) is 43.3 Å². The number of hydrogen-bond donors (Lipinski definition) is 1. The maximum absolute atomic E-state index is 12.9. The molecule has 0 unspecified atom stereocenters. The Bertz CT molecular complexity index is 1130. The standard InChI is InChI=1S/C25H29N3O3/c1-18-8-9-21-22(14-18)26-17-28(24(21)30)16-25(31)10-12-27(13-11-25)23(29)19(2)15-20-6-4-3-5-7-20/h3-9,14,17,19,31H,10-13,15-16H2,1-2H3/t19-/m1/s1. The molecule has 2 heterocycles. The Kier molecular flexibility index (Phi) is 5.92. The smallest absolute Gasteiger partial charge is 0.261 e. The van der Waals surface area contributed by atoms with Crippen LogP contribution in [-0.4, -0.2) is 44.2 Å². The monoisotopic (exact) mass is 419 g/mol. The van der Waals surface area contributed by atoms with Crippen LogP contribution in [0.2, 0.25) is 0 Å². The number of aryl methyl sites for hydroxylation is 1. The first-order chi connectivity index (χ1) is 14.8. The molecule has 1 amide bonds. The number of carbonyl (C=O) groups excluding carboxylic acids is 1. The summed E-state index contributed by atoms with van der Waals surface area (Å²) < 4.78 is 1.49. The number of fused-ring (bicyclic) bond motifs is 1. The van der Waals surface area contributed by atoms with Crippen molar-refractivity contribution in [2.75, 3.05) is 13.1 Å². The van der Waals surface area contributed by atoms with Gasteiger partial charge in [-0.05, 0) is 49.4 Å². The van der Waals surface area contributed by atoms with Crippen molar-refractivity contribution < 1.29 is 9.90 Å². The molecule has 0 bridgehead atoms. The second-order valence-corrected chi connectivity index (χ2v) is 8.84. The topological polar surface area (TPSA) is 75.4 Å². The van der Waals surface area contributed by atoms with E-state index < -0.39 is 5.60 Å². The maximum atomic E-state index is 12.9. The Labute approximate surface area is 182 Å². The fourth-order valence-electron chi connectivity index (χ4n) is 4.37. The highest BCUT2D eigenvalue weighted by Crippen LogP contribution is 2.25. The molecule has 31 heavy (non-hydrogen) atoms. The average molecular weight is 420 g/mol. The first kappa shape index (κ1) is 21.2. The van der Waals surface area contributed by atoms with Crippen molar-refractivity contribution in [1.29, 1.82) is 0 Å². The van der Waals surface area contributed by atoms with Crippen molar-refractivity contribution in [3.63, 3.8) is 0 Å². The third kappa shape index (κ3) is 4.69. The molecule has 0 spiro atoms. The summed E-state index contributed by atoms with van der Waals surface area (Å²) in [6, 6.07) is 15.6. The fraction of sp³-hybridized carbons (Fsp3) is 0.400. The van der Waals surface area contributed by atoms with Crippen LogP contribution in [0.25, 0.3) is 10.9 Å². The number of amides is 1. The van der Waals surface area contributed by atoms with Gasteiger partial charge in [0.05, 0.1) is 29.4 Å². The lowest BCUT2D eigenvalue weighted by atomic mass is 9.90. The molecule has 6 nitrogen and oxygen atoms in total. The quantitative estimate of drug-likeness (QED) is 0.690. The van der Waals surface area contributed by atoms with Gasteiger partial charge in [0.2, 0.25) is 5.91 Å². The zero-order valence-electron chi connectivity index (χ0n) is 18.1. The fourth-order valence-corrected chi connectivity index (χ4v) is 4.37. The molecule has 0 saturated carbocycles. The summed E-state index contributed by atoms with van der Waals surface area (Å²) in [4.78, 5) is 31.9. The average Bonchev–Trinajstić information content (AvgIpc) is 2.76. The number of aliphatic hydroxyl groups is 1. The van der Waals surface area contributed by atoms with Gasteiger partial charge in [0.25, 0.3) is 5.56 Å². The highest BCUT2D eigenvalue weighted by atomic mass is 16.3. The molecule has 0 radical (unpaired) electrons. The minimum Gasteiger partial charge on any atom is -0.388 e. The Morgan fingerprint density at radius 1 is 1.16 bits per heavy atom. The summed E-state index contributed by atoms with van der Waals surface area (Å²) in [5, 5.41) is 11.7. The lowest BCUT2D eigenvalue weighted by Gasteiger charge is -2.39. The molecule has 162 valence electrons. The Hall–Kier alpha value is -2.99. The van der Waals surface area contributed by atoms with Crippen molar-refractivity contribution in [1.82, 2.24) is 14.5 Å². The third-order valence-corrected chi connectivity index (χ3v) is 6.26. The maximum Gasteiger partial charge on any atom is 0.261 e. The van der Waals surface area contributed by atoms with E-state index in [1.54, 1.807) is 6.07 Å². The first-order valence-corrected chi connectivity index (χ1v) is 10.9. The van der Waals surface area contributed by atoms with Gasteiger partial charge in [0.15, 0.2) is 0 Å². The van der Waals surface area contributed by atoms with Crippen molar-refractivity contribution in [2.45, 2.75) is 45.3 Å². The molecule has 2 aromatic carbocycles. The first-order valence-electron chi connectivity index (χ1n) is 10.9. The largest absolute Gasteiger partial charge is 0.388 e. The molecule has 1 saturated heterocycles. The van der Waals surface area contributed by atoms with E-state index in [1.807, 2.05) is 61.2 Å². The lowest BCUT2D eigenvalue weighted by Crippen LogP contribution is -2.50. The van der Waals surface area contributed by atoms with Gasteiger partial charge >= 0.3 is 0 Å². The number of carbonyl (C=O) groups is 1. The Morgan fingerprint density at radius 3 is 2.58 bits per heavy atom. The lowest BCUT2D eigenvalue weighted by molar-refractivity contribution is -0.139. The number of likely N-dealkylation sites (tertiary alicyclic amines) is 1. The van der Waals surface area contributed by atoms with Crippen LogP contribution in [0.3, 0.4) is 0 Å². The predicted octanol–water partition coefficient (Wildman–Crippen LogP) is 2.94. The van der Waals surface area contributed by atoms with Gasteiger partial charge in [-0.25, -0.2) is 4.98 Å². The summed E-state index contributed by atoms with van der Waals surface area (Å²) >= 11 is 0. The van der Waals surface area contributed by atoms with Gasteiger partial charge in [-0.2, -0.15) is 0 Å². The normalized spacial score (nSPS) is 16.9. The zero-order valence-corrected chi connectivity index (χ0v) is 18.1.